The number of aromatic nitrogens is 2. The molecule has 130 valence electrons. The molecule has 0 bridgehead atoms. The number of rotatable bonds is 5. The van der Waals surface area contributed by atoms with E-state index in [-0.39, 0.29) is 17.8 Å². The van der Waals surface area contributed by atoms with Gasteiger partial charge in [-0.25, -0.2) is 0 Å². The Kier molecular flexibility index (Phi) is 5.54. The van der Waals surface area contributed by atoms with E-state index in [2.05, 4.69) is 22.7 Å². The van der Waals surface area contributed by atoms with Crippen molar-refractivity contribution in [1.29, 1.82) is 0 Å². The molecule has 0 spiro atoms. The third kappa shape index (κ3) is 5.76. The van der Waals surface area contributed by atoms with Crippen molar-refractivity contribution in [2.75, 3.05) is 5.32 Å². The summed E-state index contributed by atoms with van der Waals surface area (Å²) in [4.78, 5) is 12.1. The highest BCUT2D eigenvalue weighted by Crippen LogP contribution is 2.23. The molecular weight excluding hydrogens is 309 g/mol. The third-order valence-corrected chi connectivity index (χ3v) is 4.10. The first-order valence-electron chi connectivity index (χ1n) is 7.90. The van der Waals surface area contributed by atoms with Gasteiger partial charge in [-0.05, 0) is 38.5 Å². The molecule has 1 aromatic heterocycles. The summed E-state index contributed by atoms with van der Waals surface area (Å²) in [5.41, 5.74) is 0. The fourth-order valence-corrected chi connectivity index (χ4v) is 2.73. The molecule has 23 heavy (non-hydrogen) atoms. The standard InChI is InChI=1S/C15H23F3N4O/c1-10-3-5-12(6-4-10)20-14(23)11(2)19-13-7-8-22(21-13)9-15(16,17)18/h7-8,10-12H,3-6,9H2,1-2H3,(H,19,21)(H,20,23)/t10?,11-,12?/m1/s1. The van der Waals surface area contributed by atoms with Gasteiger partial charge >= 0.3 is 6.18 Å². The van der Waals surface area contributed by atoms with Gasteiger partial charge in [-0.15, -0.1) is 0 Å². The maximum atomic E-state index is 12.3. The second-order valence-electron chi connectivity index (χ2n) is 6.35. The van der Waals surface area contributed by atoms with E-state index in [1.807, 2.05) is 0 Å². The fraction of sp³-hybridized carbons (Fsp3) is 0.733. The predicted octanol–water partition coefficient (Wildman–Crippen LogP) is 2.94. The monoisotopic (exact) mass is 332 g/mol. The van der Waals surface area contributed by atoms with Crippen molar-refractivity contribution in [3.05, 3.63) is 12.3 Å². The quantitative estimate of drug-likeness (QED) is 0.871. The summed E-state index contributed by atoms with van der Waals surface area (Å²) in [6.07, 6.45) is 1.08. The molecule has 0 unspecified atom stereocenters. The molecule has 0 aromatic carbocycles. The maximum Gasteiger partial charge on any atom is 0.408 e. The minimum absolute atomic E-state index is 0.157. The number of hydrogen-bond acceptors (Lipinski definition) is 3. The number of halogens is 3. The zero-order chi connectivity index (χ0) is 17.0. The Morgan fingerprint density at radius 3 is 2.65 bits per heavy atom. The Morgan fingerprint density at radius 1 is 1.39 bits per heavy atom. The lowest BCUT2D eigenvalue weighted by atomic mass is 9.87. The van der Waals surface area contributed by atoms with Crippen molar-refractivity contribution in [1.82, 2.24) is 15.1 Å². The lowest BCUT2D eigenvalue weighted by Crippen LogP contribution is -2.44. The highest BCUT2D eigenvalue weighted by atomic mass is 19.4. The van der Waals surface area contributed by atoms with Crippen LogP contribution < -0.4 is 10.6 Å². The summed E-state index contributed by atoms with van der Waals surface area (Å²) in [6.45, 7) is 2.73. The van der Waals surface area contributed by atoms with Gasteiger partial charge < -0.3 is 10.6 Å². The van der Waals surface area contributed by atoms with Gasteiger partial charge in [-0.3, -0.25) is 9.48 Å². The minimum atomic E-state index is -4.32. The molecule has 1 atom stereocenters. The molecule has 1 amide bonds. The number of hydrogen-bond donors (Lipinski definition) is 2. The number of amides is 1. The molecule has 8 heteroatoms. The minimum Gasteiger partial charge on any atom is -0.357 e. The average Bonchev–Trinajstić information content (AvgIpc) is 2.86. The Bertz CT molecular complexity index is 521. The van der Waals surface area contributed by atoms with Crippen LogP contribution >= 0.6 is 0 Å². The van der Waals surface area contributed by atoms with Crippen molar-refractivity contribution in [3.8, 4) is 0 Å². The SMILES string of the molecule is CC1CCC(NC(=O)[C@@H](C)Nc2ccn(CC(F)(F)F)n2)CC1. The topological polar surface area (TPSA) is 59.0 Å². The van der Waals surface area contributed by atoms with E-state index in [9.17, 15) is 18.0 Å². The number of nitrogens with one attached hydrogen (secondary N) is 2. The molecule has 1 aliphatic rings. The average molecular weight is 332 g/mol. The van der Waals surface area contributed by atoms with Crippen LogP contribution in [-0.4, -0.2) is 33.9 Å². The smallest absolute Gasteiger partial charge is 0.357 e. The van der Waals surface area contributed by atoms with E-state index in [4.69, 9.17) is 0 Å². The molecule has 1 aliphatic carbocycles. The van der Waals surface area contributed by atoms with Crippen molar-refractivity contribution < 1.29 is 18.0 Å². The van der Waals surface area contributed by atoms with Gasteiger partial charge in [0.1, 0.15) is 18.4 Å². The zero-order valence-corrected chi connectivity index (χ0v) is 13.4. The van der Waals surface area contributed by atoms with Crippen molar-refractivity contribution >= 4 is 11.7 Å². The highest BCUT2D eigenvalue weighted by molar-refractivity contribution is 5.84. The molecule has 0 radical (unpaired) electrons. The molecule has 0 saturated heterocycles. The van der Waals surface area contributed by atoms with E-state index in [1.54, 1.807) is 6.92 Å². The van der Waals surface area contributed by atoms with Crippen LogP contribution in [0, 0.1) is 5.92 Å². The molecule has 2 rings (SSSR count). The summed E-state index contributed by atoms with van der Waals surface area (Å²) in [7, 11) is 0. The number of carbonyl (C=O) groups excluding carboxylic acids is 1. The van der Waals surface area contributed by atoms with E-state index >= 15 is 0 Å². The van der Waals surface area contributed by atoms with Gasteiger partial charge in [0.05, 0.1) is 0 Å². The van der Waals surface area contributed by atoms with Gasteiger partial charge in [0, 0.05) is 18.3 Å². The molecule has 1 heterocycles. The van der Waals surface area contributed by atoms with Gasteiger partial charge in [0.15, 0.2) is 0 Å². The second kappa shape index (κ2) is 7.23. The van der Waals surface area contributed by atoms with Crippen LogP contribution in [0.1, 0.15) is 39.5 Å². The largest absolute Gasteiger partial charge is 0.408 e. The molecule has 2 N–H and O–H groups in total. The predicted molar refractivity (Wildman–Crippen MR) is 80.9 cm³/mol. The highest BCUT2D eigenvalue weighted by Gasteiger charge is 2.28. The van der Waals surface area contributed by atoms with Crippen LogP contribution in [0.2, 0.25) is 0 Å². The lowest BCUT2D eigenvalue weighted by molar-refractivity contribution is -0.142. The first-order chi connectivity index (χ1) is 10.7. The summed E-state index contributed by atoms with van der Waals surface area (Å²) in [5.74, 6) is 0.806. The van der Waals surface area contributed by atoms with E-state index < -0.39 is 18.8 Å². The molecule has 1 aromatic rings. The number of carbonyl (C=O) groups is 1. The Labute approximate surface area is 133 Å². The Hall–Kier alpha value is -1.73. The van der Waals surface area contributed by atoms with Crippen LogP contribution in [0.5, 0.6) is 0 Å². The number of alkyl halides is 3. The van der Waals surface area contributed by atoms with Crippen LogP contribution in [0.3, 0.4) is 0 Å². The molecular formula is C15H23F3N4O. The third-order valence-electron chi connectivity index (χ3n) is 4.10. The molecule has 5 nitrogen and oxygen atoms in total. The van der Waals surface area contributed by atoms with Crippen molar-refractivity contribution in [3.63, 3.8) is 0 Å². The summed E-state index contributed by atoms with van der Waals surface area (Å²) >= 11 is 0. The van der Waals surface area contributed by atoms with Gasteiger partial charge in [-0.2, -0.15) is 18.3 Å². The zero-order valence-electron chi connectivity index (χ0n) is 13.4. The van der Waals surface area contributed by atoms with Gasteiger partial charge in [0.25, 0.3) is 0 Å². The summed E-state index contributed by atoms with van der Waals surface area (Å²) < 4.78 is 37.7. The second-order valence-corrected chi connectivity index (χ2v) is 6.35. The summed E-state index contributed by atoms with van der Waals surface area (Å²) in [6, 6.07) is 1.06. The fourth-order valence-electron chi connectivity index (χ4n) is 2.73. The molecule has 0 aliphatic heterocycles. The molecule has 1 saturated carbocycles. The van der Waals surface area contributed by atoms with Crippen molar-refractivity contribution in [2.24, 2.45) is 5.92 Å². The van der Waals surface area contributed by atoms with Crippen LogP contribution in [0.25, 0.3) is 0 Å². The molecule has 1 fully saturated rings. The van der Waals surface area contributed by atoms with Crippen LogP contribution in [0.15, 0.2) is 12.3 Å². The van der Waals surface area contributed by atoms with E-state index in [1.165, 1.54) is 12.3 Å². The van der Waals surface area contributed by atoms with E-state index in [0.29, 0.717) is 5.92 Å². The first-order valence-corrected chi connectivity index (χ1v) is 7.90. The Balaban J connectivity index is 1.81. The number of nitrogens with zero attached hydrogens (tertiary/aromatic N) is 2. The van der Waals surface area contributed by atoms with Gasteiger partial charge in [-0.1, -0.05) is 6.92 Å². The van der Waals surface area contributed by atoms with Gasteiger partial charge in [0.2, 0.25) is 5.91 Å². The lowest BCUT2D eigenvalue weighted by Gasteiger charge is -2.28. The maximum absolute atomic E-state index is 12.3. The Morgan fingerprint density at radius 2 is 2.04 bits per heavy atom. The summed E-state index contributed by atoms with van der Waals surface area (Å²) in [5, 5.41) is 9.60. The normalized spacial score (nSPS) is 23.3. The van der Waals surface area contributed by atoms with Crippen molar-refractivity contribution in [2.45, 2.75) is 64.3 Å². The first kappa shape index (κ1) is 17.6. The van der Waals surface area contributed by atoms with E-state index in [0.717, 1.165) is 30.4 Å². The van der Waals surface area contributed by atoms with Crippen LogP contribution in [0.4, 0.5) is 19.0 Å². The number of anilines is 1. The van der Waals surface area contributed by atoms with Crippen LogP contribution in [-0.2, 0) is 11.3 Å².